The largest absolute Gasteiger partial charge is 0.332 e. The SMILES string of the molecule is Brc1ccc(-c2nc(C3CCCCN3)no2)nc1. The number of nitrogens with one attached hydrogen (secondary N) is 1. The van der Waals surface area contributed by atoms with Gasteiger partial charge in [0.25, 0.3) is 5.89 Å². The van der Waals surface area contributed by atoms with Crippen LogP contribution in [0.1, 0.15) is 31.1 Å². The van der Waals surface area contributed by atoms with E-state index in [0.29, 0.717) is 11.6 Å². The second-order valence-corrected chi connectivity index (χ2v) is 5.24. The highest BCUT2D eigenvalue weighted by Crippen LogP contribution is 2.23. The predicted molar refractivity (Wildman–Crippen MR) is 69.8 cm³/mol. The second kappa shape index (κ2) is 5.16. The summed E-state index contributed by atoms with van der Waals surface area (Å²) in [6, 6.07) is 3.98. The maximum absolute atomic E-state index is 5.26. The highest BCUT2D eigenvalue weighted by Gasteiger charge is 2.21. The summed E-state index contributed by atoms with van der Waals surface area (Å²) in [5.41, 5.74) is 0.702. The molecule has 1 saturated heterocycles. The topological polar surface area (TPSA) is 63.8 Å². The van der Waals surface area contributed by atoms with Gasteiger partial charge in [0.2, 0.25) is 0 Å². The van der Waals surface area contributed by atoms with Crippen LogP contribution in [-0.4, -0.2) is 21.7 Å². The first-order valence-electron chi connectivity index (χ1n) is 6.02. The Bertz CT molecular complexity index is 519. The molecule has 0 spiro atoms. The molecule has 1 N–H and O–H groups in total. The molecule has 1 fully saturated rings. The third-order valence-corrected chi connectivity index (χ3v) is 3.48. The zero-order valence-electron chi connectivity index (χ0n) is 9.77. The van der Waals surface area contributed by atoms with Crippen molar-refractivity contribution in [1.82, 2.24) is 20.4 Å². The fourth-order valence-corrected chi connectivity index (χ4v) is 2.29. The van der Waals surface area contributed by atoms with E-state index in [-0.39, 0.29) is 6.04 Å². The number of nitrogens with zero attached hydrogens (tertiary/aromatic N) is 3. The summed E-state index contributed by atoms with van der Waals surface area (Å²) < 4.78 is 6.20. The van der Waals surface area contributed by atoms with Crippen molar-refractivity contribution in [2.24, 2.45) is 0 Å². The molecule has 18 heavy (non-hydrogen) atoms. The maximum Gasteiger partial charge on any atom is 0.276 e. The van der Waals surface area contributed by atoms with Crippen molar-refractivity contribution in [3.63, 3.8) is 0 Å². The van der Waals surface area contributed by atoms with Crippen LogP contribution in [0, 0.1) is 0 Å². The Kier molecular flexibility index (Phi) is 3.38. The van der Waals surface area contributed by atoms with Gasteiger partial charge in [-0.2, -0.15) is 4.98 Å². The van der Waals surface area contributed by atoms with Crippen LogP contribution in [-0.2, 0) is 0 Å². The van der Waals surface area contributed by atoms with Gasteiger partial charge in [-0.05, 0) is 47.4 Å². The lowest BCUT2D eigenvalue weighted by Crippen LogP contribution is -2.27. The highest BCUT2D eigenvalue weighted by atomic mass is 79.9. The summed E-state index contributed by atoms with van der Waals surface area (Å²) in [5.74, 6) is 1.21. The number of halogens is 1. The fraction of sp³-hybridized carbons (Fsp3) is 0.417. The van der Waals surface area contributed by atoms with Gasteiger partial charge in [0, 0.05) is 10.7 Å². The van der Waals surface area contributed by atoms with Crippen LogP contribution >= 0.6 is 15.9 Å². The predicted octanol–water partition coefficient (Wildman–Crippen LogP) is 2.71. The van der Waals surface area contributed by atoms with Gasteiger partial charge < -0.3 is 9.84 Å². The van der Waals surface area contributed by atoms with Crippen molar-refractivity contribution in [2.75, 3.05) is 6.54 Å². The molecular formula is C12H13BrN4O. The molecule has 6 heteroatoms. The third kappa shape index (κ3) is 2.44. The van der Waals surface area contributed by atoms with Crippen molar-refractivity contribution in [3.05, 3.63) is 28.6 Å². The summed E-state index contributed by atoms with van der Waals surface area (Å²) >= 11 is 3.35. The smallest absolute Gasteiger partial charge is 0.276 e. The Labute approximate surface area is 113 Å². The first-order valence-corrected chi connectivity index (χ1v) is 6.81. The molecule has 0 saturated carbocycles. The van der Waals surface area contributed by atoms with Gasteiger partial charge in [-0.1, -0.05) is 11.6 Å². The molecule has 1 aliphatic rings. The standard InChI is InChI=1S/C12H13BrN4O/c13-8-4-5-10(15-7-8)12-16-11(17-18-12)9-3-1-2-6-14-9/h4-5,7,9,14H,1-3,6H2. The van der Waals surface area contributed by atoms with Gasteiger partial charge in [-0.15, -0.1) is 0 Å². The molecule has 0 radical (unpaired) electrons. The lowest BCUT2D eigenvalue weighted by atomic mass is 10.0. The van der Waals surface area contributed by atoms with Crippen molar-refractivity contribution in [3.8, 4) is 11.6 Å². The van der Waals surface area contributed by atoms with Crippen molar-refractivity contribution in [1.29, 1.82) is 0 Å². The monoisotopic (exact) mass is 308 g/mol. The van der Waals surface area contributed by atoms with E-state index in [2.05, 4.69) is 36.4 Å². The lowest BCUT2D eigenvalue weighted by Gasteiger charge is -2.19. The Morgan fingerprint density at radius 1 is 1.33 bits per heavy atom. The number of hydrogen-bond donors (Lipinski definition) is 1. The first-order chi connectivity index (χ1) is 8.83. The zero-order valence-corrected chi connectivity index (χ0v) is 11.4. The van der Waals surface area contributed by atoms with Gasteiger partial charge in [-0.3, -0.25) is 0 Å². The van der Waals surface area contributed by atoms with E-state index >= 15 is 0 Å². The van der Waals surface area contributed by atoms with Crippen molar-refractivity contribution >= 4 is 15.9 Å². The van der Waals surface area contributed by atoms with Crippen LogP contribution in [0.5, 0.6) is 0 Å². The van der Waals surface area contributed by atoms with Crippen LogP contribution in [0.25, 0.3) is 11.6 Å². The van der Waals surface area contributed by atoms with Crippen LogP contribution < -0.4 is 5.32 Å². The first kappa shape index (κ1) is 11.8. The molecule has 0 aliphatic carbocycles. The molecule has 1 atom stereocenters. The minimum Gasteiger partial charge on any atom is -0.332 e. The number of pyridine rings is 1. The molecule has 3 heterocycles. The molecule has 0 bridgehead atoms. The summed E-state index contributed by atoms with van der Waals surface area (Å²) in [5, 5.41) is 7.43. The summed E-state index contributed by atoms with van der Waals surface area (Å²) in [4.78, 5) is 8.66. The van der Waals surface area contributed by atoms with E-state index in [1.165, 1.54) is 12.8 Å². The average molecular weight is 309 g/mol. The minimum atomic E-state index is 0.215. The number of hydrogen-bond acceptors (Lipinski definition) is 5. The van der Waals surface area contributed by atoms with Gasteiger partial charge in [-0.25, -0.2) is 4.98 Å². The van der Waals surface area contributed by atoms with E-state index in [9.17, 15) is 0 Å². The van der Waals surface area contributed by atoms with Gasteiger partial charge >= 0.3 is 0 Å². The Hall–Kier alpha value is -1.27. The second-order valence-electron chi connectivity index (χ2n) is 4.32. The average Bonchev–Trinajstić information content (AvgIpc) is 2.90. The fourth-order valence-electron chi connectivity index (χ4n) is 2.05. The van der Waals surface area contributed by atoms with Crippen LogP contribution in [0.3, 0.4) is 0 Å². The molecular weight excluding hydrogens is 296 g/mol. The molecule has 1 unspecified atom stereocenters. The van der Waals surface area contributed by atoms with E-state index in [1.807, 2.05) is 12.1 Å². The third-order valence-electron chi connectivity index (χ3n) is 3.01. The van der Waals surface area contributed by atoms with Crippen molar-refractivity contribution in [2.45, 2.75) is 25.3 Å². The van der Waals surface area contributed by atoms with Crippen LogP contribution in [0.2, 0.25) is 0 Å². The Balaban J connectivity index is 1.82. The number of rotatable bonds is 2. The van der Waals surface area contributed by atoms with Crippen LogP contribution in [0.15, 0.2) is 27.3 Å². The van der Waals surface area contributed by atoms with E-state index < -0.39 is 0 Å². The normalized spacial score (nSPS) is 19.9. The molecule has 2 aromatic rings. The molecule has 2 aromatic heterocycles. The summed E-state index contributed by atoms with van der Waals surface area (Å²) in [6.45, 7) is 1.02. The Morgan fingerprint density at radius 3 is 3.00 bits per heavy atom. The number of piperidine rings is 1. The molecule has 3 rings (SSSR count). The van der Waals surface area contributed by atoms with Gasteiger partial charge in [0.05, 0.1) is 6.04 Å². The molecule has 0 amide bonds. The molecule has 1 aliphatic heterocycles. The van der Waals surface area contributed by atoms with E-state index in [4.69, 9.17) is 4.52 Å². The molecule has 5 nitrogen and oxygen atoms in total. The van der Waals surface area contributed by atoms with Gasteiger partial charge in [0.1, 0.15) is 5.69 Å². The summed E-state index contributed by atoms with van der Waals surface area (Å²) in [6.07, 6.45) is 5.21. The zero-order chi connectivity index (χ0) is 12.4. The lowest BCUT2D eigenvalue weighted by molar-refractivity contribution is 0.366. The summed E-state index contributed by atoms with van der Waals surface area (Å²) in [7, 11) is 0. The highest BCUT2D eigenvalue weighted by molar-refractivity contribution is 9.10. The maximum atomic E-state index is 5.26. The van der Waals surface area contributed by atoms with E-state index in [1.54, 1.807) is 6.20 Å². The minimum absolute atomic E-state index is 0.215. The van der Waals surface area contributed by atoms with Crippen LogP contribution in [0.4, 0.5) is 0 Å². The van der Waals surface area contributed by atoms with E-state index in [0.717, 1.165) is 23.3 Å². The quantitative estimate of drug-likeness (QED) is 0.924. The molecule has 94 valence electrons. The molecule has 0 aromatic carbocycles. The number of aromatic nitrogens is 3. The van der Waals surface area contributed by atoms with Crippen molar-refractivity contribution < 1.29 is 4.52 Å². The Morgan fingerprint density at radius 2 is 2.28 bits per heavy atom. The van der Waals surface area contributed by atoms with Gasteiger partial charge in [0.15, 0.2) is 5.82 Å².